The number of nitrogens with one attached hydrogen (secondary N) is 2. The average molecular weight is 292 g/mol. The van der Waals surface area contributed by atoms with Crippen LogP contribution in [0.25, 0.3) is 0 Å². The van der Waals surface area contributed by atoms with E-state index in [-0.39, 0.29) is 17.8 Å². The Kier molecular flexibility index (Phi) is 5.34. The molecule has 2 N–H and O–H groups in total. The third-order valence-corrected chi connectivity index (χ3v) is 4.68. The lowest BCUT2D eigenvalue weighted by Crippen LogP contribution is -2.49. The minimum absolute atomic E-state index is 0.0768. The smallest absolute Gasteiger partial charge is 0.241 e. The molecule has 1 aromatic carbocycles. The van der Waals surface area contributed by atoms with Crippen molar-refractivity contribution in [2.24, 2.45) is 11.8 Å². The lowest BCUT2D eigenvalue weighted by Gasteiger charge is -2.36. The molecule has 116 valence electrons. The Labute approximate surface area is 126 Å². The van der Waals surface area contributed by atoms with Gasteiger partial charge >= 0.3 is 0 Å². The Hall–Kier alpha value is -1.42. The molecule has 0 radical (unpaired) electrons. The van der Waals surface area contributed by atoms with Gasteiger partial charge in [0.2, 0.25) is 5.91 Å². The van der Waals surface area contributed by atoms with E-state index in [1.807, 2.05) is 6.92 Å². The van der Waals surface area contributed by atoms with E-state index in [1.165, 1.54) is 25.0 Å². The molecule has 4 atom stereocenters. The van der Waals surface area contributed by atoms with E-state index >= 15 is 0 Å². The molecular weight excluding hydrogens is 267 g/mol. The molecule has 0 heterocycles. The third kappa shape index (κ3) is 4.27. The average Bonchev–Trinajstić information content (AvgIpc) is 2.46. The van der Waals surface area contributed by atoms with Gasteiger partial charge in [-0.05, 0) is 49.4 Å². The molecule has 1 fully saturated rings. The van der Waals surface area contributed by atoms with Crippen molar-refractivity contribution < 1.29 is 9.18 Å². The Morgan fingerprint density at radius 1 is 1.24 bits per heavy atom. The number of benzene rings is 1. The van der Waals surface area contributed by atoms with Gasteiger partial charge in [0, 0.05) is 11.7 Å². The molecule has 21 heavy (non-hydrogen) atoms. The van der Waals surface area contributed by atoms with Crippen molar-refractivity contribution in [2.45, 2.75) is 52.1 Å². The predicted octanol–water partition coefficient (Wildman–Crippen LogP) is 3.57. The Balaban J connectivity index is 1.88. The summed E-state index contributed by atoms with van der Waals surface area (Å²) >= 11 is 0. The molecule has 1 aliphatic carbocycles. The van der Waals surface area contributed by atoms with Crippen LogP contribution in [0.15, 0.2) is 24.3 Å². The first-order valence-electron chi connectivity index (χ1n) is 7.80. The van der Waals surface area contributed by atoms with Crippen LogP contribution < -0.4 is 10.6 Å². The van der Waals surface area contributed by atoms with Crippen LogP contribution in [-0.2, 0) is 4.79 Å². The van der Waals surface area contributed by atoms with Gasteiger partial charge in [0.15, 0.2) is 0 Å². The van der Waals surface area contributed by atoms with Gasteiger partial charge in [-0.1, -0.05) is 26.7 Å². The molecule has 1 aliphatic rings. The summed E-state index contributed by atoms with van der Waals surface area (Å²) in [5, 5.41) is 6.26. The van der Waals surface area contributed by atoms with Crippen LogP contribution in [0, 0.1) is 17.7 Å². The lowest BCUT2D eigenvalue weighted by atomic mass is 9.78. The van der Waals surface area contributed by atoms with Crippen LogP contribution in [0.3, 0.4) is 0 Å². The highest BCUT2D eigenvalue weighted by Gasteiger charge is 2.29. The summed E-state index contributed by atoms with van der Waals surface area (Å²) < 4.78 is 12.8. The van der Waals surface area contributed by atoms with Crippen molar-refractivity contribution in [3.8, 4) is 0 Å². The standard InChI is InChI=1S/C17H25FN2O/c1-11-5-4-6-16(12(11)2)19-13(3)17(21)20-15-9-7-14(18)8-10-15/h7-13,16,19H,4-6H2,1-3H3,(H,20,21)/t11-,12-,13+,16-/m1/s1. The van der Waals surface area contributed by atoms with Crippen LogP contribution in [0.4, 0.5) is 10.1 Å². The number of carbonyl (C=O) groups is 1. The van der Waals surface area contributed by atoms with E-state index in [2.05, 4.69) is 24.5 Å². The van der Waals surface area contributed by atoms with Gasteiger partial charge in [-0.15, -0.1) is 0 Å². The van der Waals surface area contributed by atoms with Gasteiger partial charge < -0.3 is 10.6 Å². The molecule has 3 nitrogen and oxygen atoms in total. The third-order valence-electron chi connectivity index (χ3n) is 4.68. The van der Waals surface area contributed by atoms with E-state index < -0.39 is 0 Å². The molecule has 2 rings (SSSR count). The summed E-state index contributed by atoms with van der Waals surface area (Å²) in [5.41, 5.74) is 0.625. The highest BCUT2D eigenvalue weighted by Crippen LogP contribution is 2.29. The normalized spacial score (nSPS) is 27.1. The van der Waals surface area contributed by atoms with Crippen molar-refractivity contribution in [1.82, 2.24) is 5.32 Å². The number of anilines is 1. The minimum Gasteiger partial charge on any atom is -0.325 e. The molecule has 0 spiro atoms. The van der Waals surface area contributed by atoms with Gasteiger partial charge in [0.05, 0.1) is 6.04 Å². The largest absolute Gasteiger partial charge is 0.325 e. The van der Waals surface area contributed by atoms with E-state index in [9.17, 15) is 9.18 Å². The number of hydrogen-bond donors (Lipinski definition) is 2. The SMILES string of the molecule is C[C@@H]1[C@H](C)CCC[C@H]1N[C@@H](C)C(=O)Nc1ccc(F)cc1. The van der Waals surface area contributed by atoms with Crippen molar-refractivity contribution in [2.75, 3.05) is 5.32 Å². The van der Waals surface area contributed by atoms with Crippen molar-refractivity contribution in [3.63, 3.8) is 0 Å². The quantitative estimate of drug-likeness (QED) is 0.891. The summed E-state index contributed by atoms with van der Waals surface area (Å²) in [6.45, 7) is 6.42. The van der Waals surface area contributed by atoms with E-state index in [0.29, 0.717) is 23.6 Å². The highest BCUT2D eigenvalue weighted by molar-refractivity contribution is 5.94. The van der Waals surface area contributed by atoms with Crippen LogP contribution >= 0.6 is 0 Å². The summed E-state index contributed by atoms with van der Waals surface area (Å²) in [5.74, 6) is 0.902. The van der Waals surface area contributed by atoms with Crippen molar-refractivity contribution in [3.05, 3.63) is 30.1 Å². The molecule has 4 heteroatoms. The molecule has 0 bridgehead atoms. The fraction of sp³-hybridized carbons (Fsp3) is 0.588. The highest BCUT2D eigenvalue weighted by atomic mass is 19.1. The fourth-order valence-electron chi connectivity index (χ4n) is 3.00. The zero-order valence-electron chi connectivity index (χ0n) is 13.0. The number of halogens is 1. The summed E-state index contributed by atoms with van der Waals surface area (Å²) in [6, 6.07) is 5.98. The molecule has 1 saturated carbocycles. The van der Waals surface area contributed by atoms with Gasteiger partial charge in [-0.2, -0.15) is 0 Å². The molecule has 1 amide bonds. The summed E-state index contributed by atoms with van der Waals surface area (Å²) in [7, 11) is 0. The first-order chi connectivity index (χ1) is 9.97. The maximum Gasteiger partial charge on any atom is 0.241 e. The fourth-order valence-corrected chi connectivity index (χ4v) is 3.00. The van der Waals surface area contributed by atoms with Gasteiger partial charge in [0.1, 0.15) is 5.82 Å². The topological polar surface area (TPSA) is 41.1 Å². The van der Waals surface area contributed by atoms with E-state index in [1.54, 1.807) is 12.1 Å². The van der Waals surface area contributed by atoms with Gasteiger partial charge in [0.25, 0.3) is 0 Å². The molecular formula is C17H25FN2O. The maximum atomic E-state index is 12.8. The first-order valence-corrected chi connectivity index (χ1v) is 7.80. The number of carbonyl (C=O) groups excluding carboxylic acids is 1. The number of hydrogen-bond acceptors (Lipinski definition) is 2. The predicted molar refractivity (Wildman–Crippen MR) is 83.6 cm³/mol. The summed E-state index contributed by atoms with van der Waals surface area (Å²) in [6.07, 6.45) is 3.62. The zero-order chi connectivity index (χ0) is 15.4. The first kappa shape index (κ1) is 16.0. The molecule has 1 aromatic rings. The second kappa shape index (κ2) is 7.03. The molecule has 0 unspecified atom stereocenters. The Morgan fingerprint density at radius 3 is 2.57 bits per heavy atom. The monoisotopic (exact) mass is 292 g/mol. The maximum absolute atomic E-state index is 12.8. The van der Waals surface area contributed by atoms with Crippen LogP contribution in [0.1, 0.15) is 40.0 Å². The zero-order valence-corrected chi connectivity index (χ0v) is 13.0. The Bertz CT molecular complexity index is 474. The van der Waals surface area contributed by atoms with Crippen molar-refractivity contribution >= 4 is 11.6 Å². The van der Waals surface area contributed by atoms with E-state index in [4.69, 9.17) is 0 Å². The van der Waals surface area contributed by atoms with Crippen LogP contribution in [0.5, 0.6) is 0 Å². The van der Waals surface area contributed by atoms with Crippen LogP contribution in [0.2, 0.25) is 0 Å². The minimum atomic E-state index is -0.302. The number of amides is 1. The second-order valence-corrected chi connectivity index (χ2v) is 6.26. The van der Waals surface area contributed by atoms with Gasteiger partial charge in [-0.25, -0.2) is 4.39 Å². The molecule has 0 saturated heterocycles. The van der Waals surface area contributed by atoms with E-state index in [0.717, 1.165) is 6.42 Å². The Morgan fingerprint density at radius 2 is 1.90 bits per heavy atom. The van der Waals surface area contributed by atoms with Crippen molar-refractivity contribution in [1.29, 1.82) is 0 Å². The molecule has 0 aliphatic heterocycles. The molecule has 0 aromatic heterocycles. The summed E-state index contributed by atoms with van der Waals surface area (Å²) in [4.78, 5) is 12.2. The van der Waals surface area contributed by atoms with Crippen LogP contribution in [-0.4, -0.2) is 18.0 Å². The van der Waals surface area contributed by atoms with Gasteiger partial charge in [-0.3, -0.25) is 4.79 Å². The lowest BCUT2D eigenvalue weighted by molar-refractivity contribution is -0.118. The number of rotatable bonds is 4. The second-order valence-electron chi connectivity index (χ2n) is 6.26.